The number of hydrogen-bond donors (Lipinski definition) is 2. The minimum absolute atomic E-state index is 0.0489. The van der Waals surface area contributed by atoms with Crippen LogP contribution in [0, 0.1) is 0 Å². The van der Waals surface area contributed by atoms with E-state index in [9.17, 15) is 4.79 Å². The first-order valence-corrected chi connectivity index (χ1v) is 6.28. The van der Waals surface area contributed by atoms with Crippen LogP contribution in [0.1, 0.15) is 20.3 Å². The highest BCUT2D eigenvalue weighted by atomic mass is 16.5. The van der Waals surface area contributed by atoms with Crippen LogP contribution in [0.4, 0.5) is 4.79 Å². The van der Waals surface area contributed by atoms with Crippen LogP contribution in [0.3, 0.4) is 0 Å². The zero-order valence-electron chi connectivity index (χ0n) is 11.6. The maximum atomic E-state index is 11.6. The van der Waals surface area contributed by atoms with Crippen molar-refractivity contribution in [2.45, 2.75) is 26.3 Å². The van der Waals surface area contributed by atoms with Crippen LogP contribution < -0.4 is 11.1 Å². The lowest BCUT2D eigenvalue weighted by Gasteiger charge is -2.11. The number of ether oxygens (including phenoxy) is 2. The van der Waals surface area contributed by atoms with Crippen molar-refractivity contribution in [1.82, 2.24) is 5.32 Å². The number of nitrogens with two attached hydrogens (primary N) is 1. The number of amides is 1. The highest BCUT2D eigenvalue weighted by Crippen LogP contribution is 2.06. The molecule has 0 bridgehead atoms. The number of rotatable bonds is 5. The van der Waals surface area contributed by atoms with Crippen molar-refractivity contribution in [2.75, 3.05) is 19.8 Å². The molecular formula is C14H22N2O3. The summed E-state index contributed by atoms with van der Waals surface area (Å²) in [5, 5.41) is 2.75. The topological polar surface area (TPSA) is 73.6 Å². The quantitative estimate of drug-likeness (QED) is 0.745. The summed E-state index contributed by atoms with van der Waals surface area (Å²) in [4.78, 5) is 11.6. The minimum atomic E-state index is -0.439. The molecule has 1 aliphatic rings. The Labute approximate surface area is 114 Å². The Balaban J connectivity index is 2.44. The van der Waals surface area contributed by atoms with E-state index in [4.69, 9.17) is 15.2 Å². The van der Waals surface area contributed by atoms with Crippen LogP contribution in [0.25, 0.3) is 0 Å². The fourth-order valence-corrected chi connectivity index (χ4v) is 1.74. The lowest BCUT2D eigenvalue weighted by molar-refractivity contribution is 0.147. The van der Waals surface area contributed by atoms with Gasteiger partial charge >= 0.3 is 6.09 Å². The molecule has 106 valence electrons. The molecule has 0 aliphatic carbocycles. The molecule has 0 saturated carbocycles. The number of carbonyl (C=O) groups is 1. The van der Waals surface area contributed by atoms with Gasteiger partial charge in [0, 0.05) is 12.3 Å². The summed E-state index contributed by atoms with van der Waals surface area (Å²) in [6.45, 7) is 8.84. The monoisotopic (exact) mass is 266 g/mol. The van der Waals surface area contributed by atoms with Crippen LogP contribution >= 0.6 is 0 Å². The third-order valence-corrected chi connectivity index (χ3v) is 2.47. The van der Waals surface area contributed by atoms with Crippen molar-refractivity contribution in [3.8, 4) is 0 Å². The highest BCUT2D eigenvalue weighted by molar-refractivity contribution is 5.68. The van der Waals surface area contributed by atoms with Crippen molar-refractivity contribution in [3.63, 3.8) is 0 Å². The van der Waals surface area contributed by atoms with Crippen molar-refractivity contribution in [2.24, 2.45) is 5.73 Å². The van der Waals surface area contributed by atoms with Crippen molar-refractivity contribution in [1.29, 1.82) is 0 Å². The molecule has 0 unspecified atom stereocenters. The molecule has 5 nitrogen and oxygen atoms in total. The Morgan fingerprint density at radius 3 is 2.79 bits per heavy atom. The van der Waals surface area contributed by atoms with Crippen LogP contribution in [0.2, 0.25) is 0 Å². The molecular weight excluding hydrogens is 244 g/mol. The van der Waals surface area contributed by atoms with Crippen molar-refractivity contribution >= 4 is 6.09 Å². The molecule has 5 heteroatoms. The van der Waals surface area contributed by atoms with E-state index in [1.807, 2.05) is 13.0 Å². The van der Waals surface area contributed by atoms with E-state index in [2.05, 4.69) is 11.9 Å². The molecule has 1 amide bonds. The van der Waals surface area contributed by atoms with Gasteiger partial charge in [-0.05, 0) is 31.9 Å². The summed E-state index contributed by atoms with van der Waals surface area (Å²) >= 11 is 0. The van der Waals surface area contributed by atoms with Gasteiger partial charge in [0.25, 0.3) is 0 Å². The van der Waals surface area contributed by atoms with E-state index in [1.165, 1.54) is 0 Å². The molecule has 1 rings (SSSR count). The molecule has 1 fully saturated rings. The van der Waals surface area contributed by atoms with Gasteiger partial charge in [0.05, 0.1) is 12.6 Å². The summed E-state index contributed by atoms with van der Waals surface area (Å²) in [6.07, 6.45) is 3.99. The van der Waals surface area contributed by atoms with E-state index in [-0.39, 0.29) is 12.6 Å². The third-order valence-electron chi connectivity index (χ3n) is 2.47. The minimum Gasteiger partial charge on any atom is -0.445 e. The first-order chi connectivity index (χ1) is 8.97. The lowest BCUT2D eigenvalue weighted by atomic mass is 10.1. The number of carbonyl (C=O) groups excluding carboxylic acids is 1. The first-order valence-electron chi connectivity index (χ1n) is 6.28. The Morgan fingerprint density at radius 2 is 2.26 bits per heavy atom. The van der Waals surface area contributed by atoms with Gasteiger partial charge in [-0.3, -0.25) is 0 Å². The molecule has 0 radical (unpaired) electrons. The second-order valence-electron chi connectivity index (χ2n) is 4.73. The Hall–Kier alpha value is -1.75. The van der Waals surface area contributed by atoms with Gasteiger partial charge in [-0.25, -0.2) is 4.79 Å². The summed E-state index contributed by atoms with van der Waals surface area (Å²) in [7, 11) is 0. The maximum absolute atomic E-state index is 11.6. The molecule has 0 aromatic carbocycles. The second-order valence-corrected chi connectivity index (χ2v) is 4.73. The van der Waals surface area contributed by atoms with Crippen LogP contribution in [0.15, 0.2) is 35.6 Å². The summed E-state index contributed by atoms with van der Waals surface area (Å²) < 4.78 is 10.3. The Kier molecular flexibility index (Phi) is 6.15. The maximum Gasteiger partial charge on any atom is 0.407 e. The predicted molar refractivity (Wildman–Crippen MR) is 74.5 cm³/mol. The molecule has 1 aliphatic heterocycles. The van der Waals surface area contributed by atoms with Crippen LogP contribution in [0.5, 0.6) is 0 Å². The van der Waals surface area contributed by atoms with Gasteiger partial charge in [-0.2, -0.15) is 0 Å². The van der Waals surface area contributed by atoms with Crippen molar-refractivity contribution < 1.29 is 14.3 Å². The van der Waals surface area contributed by atoms with Gasteiger partial charge in [0.1, 0.15) is 6.61 Å². The number of hydrogen-bond acceptors (Lipinski definition) is 4. The molecule has 0 aromatic rings. The zero-order valence-corrected chi connectivity index (χ0v) is 11.6. The van der Waals surface area contributed by atoms with Crippen LogP contribution in [-0.4, -0.2) is 32.0 Å². The van der Waals surface area contributed by atoms with Crippen LogP contribution in [-0.2, 0) is 9.47 Å². The molecule has 1 heterocycles. The molecule has 1 saturated heterocycles. The second kappa shape index (κ2) is 7.63. The predicted octanol–water partition coefficient (Wildman–Crippen LogP) is 1.87. The number of nitrogens with one attached hydrogen (secondary N) is 1. The molecule has 0 aromatic heterocycles. The van der Waals surface area contributed by atoms with Gasteiger partial charge in [-0.15, -0.1) is 0 Å². The lowest BCUT2D eigenvalue weighted by Crippen LogP contribution is -2.35. The number of allylic oxidation sites excluding steroid dienone is 3. The molecule has 1 atom stereocenters. The van der Waals surface area contributed by atoms with E-state index >= 15 is 0 Å². The van der Waals surface area contributed by atoms with E-state index in [0.29, 0.717) is 18.9 Å². The highest BCUT2D eigenvalue weighted by Gasteiger charge is 2.18. The largest absolute Gasteiger partial charge is 0.445 e. The molecule has 3 N–H and O–H groups in total. The van der Waals surface area contributed by atoms with E-state index in [1.54, 1.807) is 13.0 Å². The van der Waals surface area contributed by atoms with Gasteiger partial charge < -0.3 is 20.5 Å². The smallest absolute Gasteiger partial charge is 0.407 e. The zero-order chi connectivity index (χ0) is 14.3. The van der Waals surface area contributed by atoms with Crippen molar-refractivity contribution in [3.05, 3.63) is 35.6 Å². The van der Waals surface area contributed by atoms with Gasteiger partial charge in [-0.1, -0.05) is 18.2 Å². The normalized spacial score (nSPS) is 20.2. The summed E-state index contributed by atoms with van der Waals surface area (Å²) in [6, 6.07) is 0.0489. The Bertz CT molecular complexity index is 389. The first kappa shape index (κ1) is 15.3. The average molecular weight is 266 g/mol. The molecule has 19 heavy (non-hydrogen) atoms. The van der Waals surface area contributed by atoms with E-state index < -0.39 is 6.09 Å². The van der Waals surface area contributed by atoms with Gasteiger partial charge in [0.2, 0.25) is 0 Å². The standard InChI is InChI=1S/C14H22N2O3/c1-10(2)6-12(7-11(3)15)8-19-14(17)16-13-4-5-18-9-13/h6-7,13H,1,4-5,8-9,15H2,2-3H3,(H,16,17)/b11-7-,12-6+/t13-/m1/s1. The summed E-state index contributed by atoms with van der Waals surface area (Å²) in [5.74, 6) is 0. The van der Waals surface area contributed by atoms with Gasteiger partial charge in [0.15, 0.2) is 0 Å². The van der Waals surface area contributed by atoms with E-state index in [0.717, 1.165) is 17.6 Å². The number of alkyl carbamates (subject to hydrolysis) is 1. The fourth-order valence-electron chi connectivity index (χ4n) is 1.74. The SMILES string of the molecule is C=C(C)/C=C(\C=C(\C)N)COC(=O)N[C@@H]1CCOC1. The summed E-state index contributed by atoms with van der Waals surface area (Å²) in [5.41, 5.74) is 7.96. The third kappa shape index (κ3) is 6.67. The molecule has 0 spiro atoms. The fraction of sp³-hybridized carbons (Fsp3) is 0.500. The Morgan fingerprint density at radius 1 is 1.53 bits per heavy atom. The average Bonchev–Trinajstić information content (AvgIpc) is 2.77.